The third-order valence-electron chi connectivity index (χ3n) is 2.22. The molecule has 0 saturated heterocycles. The molecule has 90 valence electrons. The first-order chi connectivity index (χ1) is 7.50. The van der Waals surface area contributed by atoms with Crippen LogP contribution in [0.25, 0.3) is 0 Å². The minimum atomic E-state index is -0.625. The molecule has 4 heteroatoms. The Kier molecular flexibility index (Phi) is 5.06. The summed E-state index contributed by atoms with van der Waals surface area (Å²) in [4.78, 5) is 0. The van der Waals surface area contributed by atoms with E-state index in [4.69, 9.17) is 21.4 Å². The van der Waals surface area contributed by atoms with Gasteiger partial charge in [-0.1, -0.05) is 11.6 Å². The normalized spacial score (nSPS) is 14.6. The van der Waals surface area contributed by atoms with Gasteiger partial charge in [0.15, 0.2) is 0 Å². The number of halogens is 1. The van der Waals surface area contributed by atoms with Gasteiger partial charge in [-0.05, 0) is 32.0 Å². The Morgan fingerprint density at radius 3 is 2.56 bits per heavy atom. The van der Waals surface area contributed by atoms with Crippen LogP contribution in [0.15, 0.2) is 18.2 Å². The highest BCUT2D eigenvalue weighted by molar-refractivity contribution is 6.30. The van der Waals surface area contributed by atoms with Crippen molar-refractivity contribution in [1.29, 1.82) is 0 Å². The summed E-state index contributed by atoms with van der Waals surface area (Å²) in [6.45, 7) is 3.78. The van der Waals surface area contributed by atoms with E-state index in [2.05, 4.69) is 0 Å². The predicted octanol–water partition coefficient (Wildman–Crippen LogP) is 2.54. The number of ether oxygens (including phenoxy) is 1. The number of hydrogen-bond donors (Lipinski definition) is 2. The van der Waals surface area contributed by atoms with Crippen LogP contribution in [0.5, 0.6) is 5.75 Å². The smallest absolute Gasteiger partial charge is 0.125 e. The molecule has 0 radical (unpaired) electrons. The number of aliphatic hydroxyl groups excluding tert-OH is 2. The summed E-state index contributed by atoms with van der Waals surface area (Å²) >= 11 is 5.84. The molecule has 3 nitrogen and oxygen atoms in total. The van der Waals surface area contributed by atoms with Gasteiger partial charge in [-0.2, -0.15) is 0 Å². The molecule has 0 aliphatic carbocycles. The number of hydrogen-bond acceptors (Lipinski definition) is 3. The molecule has 1 aromatic carbocycles. The van der Waals surface area contributed by atoms with E-state index in [1.807, 2.05) is 0 Å². The molecule has 1 unspecified atom stereocenters. The third-order valence-corrected chi connectivity index (χ3v) is 2.45. The van der Waals surface area contributed by atoms with E-state index < -0.39 is 6.10 Å². The van der Waals surface area contributed by atoms with Crippen molar-refractivity contribution in [3.8, 4) is 5.75 Å². The Labute approximate surface area is 101 Å². The van der Waals surface area contributed by atoms with Crippen LogP contribution in [0.3, 0.4) is 0 Å². The van der Waals surface area contributed by atoms with Gasteiger partial charge in [0.2, 0.25) is 0 Å². The van der Waals surface area contributed by atoms with Crippen LogP contribution in [0, 0.1) is 0 Å². The summed E-state index contributed by atoms with van der Waals surface area (Å²) in [7, 11) is 0. The lowest BCUT2D eigenvalue weighted by atomic mass is 10.1. The minimum absolute atomic E-state index is 0.387. The fourth-order valence-electron chi connectivity index (χ4n) is 1.32. The Morgan fingerprint density at radius 2 is 2.00 bits per heavy atom. The quantitative estimate of drug-likeness (QED) is 0.837. The maximum atomic E-state index is 9.55. The molecule has 0 aliphatic rings. The SMILES string of the molecule is CC(O)CCOc1ccc(Cl)cc1[C@@H](C)O. The first-order valence-electron chi connectivity index (χ1n) is 5.29. The van der Waals surface area contributed by atoms with E-state index in [1.165, 1.54) is 0 Å². The Hall–Kier alpha value is -0.770. The molecular weight excluding hydrogens is 228 g/mol. The van der Waals surface area contributed by atoms with Gasteiger partial charge in [0, 0.05) is 17.0 Å². The standard InChI is InChI=1S/C12H17ClO3/c1-8(14)5-6-16-12-4-3-10(13)7-11(12)9(2)15/h3-4,7-9,14-15H,5-6H2,1-2H3/t8?,9-/m1/s1. The summed E-state index contributed by atoms with van der Waals surface area (Å²) in [5, 5.41) is 19.2. The Bertz CT molecular complexity index is 337. The zero-order valence-corrected chi connectivity index (χ0v) is 10.2. The van der Waals surface area contributed by atoms with Crippen molar-refractivity contribution in [2.75, 3.05) is 6.61 Å². The lowest BCUT2D eigenvalue weighted by Gasteiger charge is -2.14. The van der Waals surface area contributed by atoms with Crippen LogP contribution in [0.4, 0.5) is 0 Å². The summed E-state index contributed by atoms with van der Waals surface area (Å²) in [5.41, 5.74) is 0.665. The van der Waals surface area contributed by atoms with Gasteiger partial charge in [0.25, 0.3) is 0 Å². The van der Waals surface area contributed by atoms with Crippen LogP contribution >= 0.6 is 11.6 Å². The summed E-state index contributed by atoms with van der Waals surface area (Å²) in [6.07, 6.45) is -0.454. The van der Waals surface area contributed by atoms with E-state index in [9.17, 15) is 5.11 Å². The van der Waals surface area contributed by atoms with Crippen LogP contribution in [-0.4, -0.2) is 22.9 Å². The van der Waals surface area contributed by atoms with Crippen LogP contribution in [0.1, 0.15) is 31.9 Å². The summed E-state index contributed by atoms with van der Waals surface area (Å²) in [6, 6.07) is 5.13. The van der Waals surface area contributed by atoms with Crippen molar-refractivity contribution in [2.45, 2.75) is 32.5 Å². The average Bonchev–Trinajstić information content (AvgIpc) is 2.19. The summed E-state index contributed by atoms with van der Waals surface area (Å²) < 4.78 is 5.49. The van der Waals surface area contributed by atoms with Gasteiger partial charge in [0.05, 0.1) is 18.8 Å². The second-order valence-electron chi connectivity index (χ2n) is 3.84. The number of aliphatic hydroxyl groups is 2. The Morgan fingerprint density at radius 1 is 1.31 bits per heavy atom. The van der Waals surface area contributed by atoms with E-state index in [1.54, 1.807) is 32.0 Å². The molecule has 16 heavy (non-hydrogen) atoms. The van der Waals surface area contributed by atoms with Gasteiger partial charge < -0.3 is 14.9 Å². The van der Waals surface area contributed by atoms with Crippen LogP contribution in [0.2, 0.25) is 5.02 Å². The average molecular weight is 245 g/mol. The van der Waals surface area contributed by atoms with E-state index in [0.717, 1.165) is 0 Å². The topological polar surface area (TPSA) is 49.7 Å². The highest BCUT2D eigenvalue weighted by Crippen LogP contribution is 2.28. The van der Waals surface area contributed by atoms with Gasteiger partial charge in [0.1, 0.15) is 5.75 Å². The molecule has 2 N–H and O–H groups in total. The van der Waals surface area contributed by atoms with E-state index in [-0.39, 0.29) is 6.10 Å². The molecule has 0 heterocycles. The lowest BCUT2D eigenvalue weighted by Crippen LogP contribution is -2.09. The fraction of sp³-hybridized carbons (Fsp3) is 0.500. The van der Waals surface area contributed by atoms with Gasteiger partial charge in [-0.3, -0.25) is 0 Å². The third kappa shape index (κ3) is 4.00. The monoisotopic (exact) mass is 244 g/mol. The number of rotatable bonds is 5. The molecule has 0 amide bonds. The zero-order chi connectivity index (χ0) is 12.1. The molecule has 2 atom stereocenters. The molecule has 1 aromatic rings. The Balaban J connectivity index is 2.71. The summed E-state index contributed by atoms with van der Waals surface area (Å²) in [5.74, 6) is 0.611. The largest absolute Gasteiger partial charge is 0.493 e. The van der Waals surface area contributed by atoms with Crippen molar-refractivity contribution in [3.63, 3.8) is 0 Å². The van der Waals surface area contributed by atoms with Gasteiger partial charge in [-0.15, -0.1) is 0 Å². The van der Waals surface area contributed by atoms with Crippen molar-refractivity contribution >= 4 is 11.6 Å². The molecule has 0 bridgehead atoms. The zero-order valence-electron chi connectivity index (χ0n) is 9.48. The lowest BCUT2D eigenvalue weighted by molar-refractivity contribution is 0.151. The van der Waals surface area contributed by atoms with Crippen molar-refractivity contribution in [3.05, 3.63) is 28.8 Å². The van der Waals surface area contributed by atoms with Gasteiger partial charge >= 0.3 is 0 Å². The van der Waals surface area contributed by atoms with Crippen molar-refractivity contribution in [1.82, 2.24) is 0 Å². The second-order valence-corrected chi connectivity index (χ2v) is 4.28. The molecule has 0 spiro atoms. The first kappa shape index (κ1) is 13.3. The number of benzene rings is 1. The van der Waals surface area contributed by atoms with Gasteiger partial charge in [-0.25, -0.2) is 0 Å². The van der Waals surface area contributed by atoms with E-state index >= 15 is 0 Å². The highest BCUT2D eigenvalue weighted by atomic mass is 35.5. The molecule has 0 fully saturated rings. The maximum Gasteiger partial charge on any atom is 0.125 e. The van der Waals surface area contributed by atoms with Crippen molar-refractivity contribution in [2.24, 2.45) is 0 Å². The molecule has 0 aliphatic heterocycles. The second kappa shape index (κ2) is 6.09. The van der Waals surface area contributed by atoms with Crippen LogP contribution in [-0.2, 0) is 0 Å². The first-order valence-corrected chi connectivity index (χ1v) is 5.67. The molecular formula is C12H17ClO3. The maximum absolute atomic E-state index is 9.55. The van der Waals surface area contributed by atoms with E-state index in [0.29, 0.717) is 29.4 Å². The molecule has 0 aromatic heterocycles. The fourth-order valence-corrected chi connectivity index (χ4v) is 1.50. The molecule has 0 saturated carbocycles. The molecule has 1 rings (SSSR count). The minimum Gasteiger partial charge on any atom is -0.493 e. The highest BCUT2D eigenvalue weighted by Gasteiger charge is 2.10. The van der Waals surface area contributed by atoms with Crippen LogP contribution < -0.4 is 4.74 Å². The van der Waals surface area contributed by atoms with Crippen molar-refractivity contribution < 1.29 is 14.9 Å². The predicted molar refractivity (Wildman–Crippen MR) is 63.9 cm³/mol.